The summed E-state index contributed by atoms with van der Waals surface area (Å²) in [6.07, 6.45) is 0.778. The highest BCUT2D eigenvalue weighted by Crippen LogP contribution is 2.28. The molecule has 1 amide bonds. The summed E-state index contributed by atoms with van der Waals surface area (Å²) in [5.74, 6) is -0.0670. The number of rotatable bonds is 6. The highest BCUT2D eigenvalue weighted by Gasteiger charge is 2.30. The highest BCUT2D eigenvalue weighted by atomic mass is 16.5. The SMILES string of the molecule is CCC(CNC(=O)c1cc(C)cc(C)c1)(OC)c1ccccc1. The molecule has 0 bridgehead atoms. The molecule has 2 rings (SSSR count). The second kappa shape index (κ2) is 7.42. The van der Waals surface area contributed by atoms with Gasteiger partial charge >= 0.3 is 0 Å². The van der Waals surface area contributed by atoms with Crippen molar-refractivity contribution in [3.05, 3.63) is 70.8 Å². The summed E-state index contributed by atoms with van der Waals surface area (Å²) in [7, 11) is 1.69. The molecule has 0 heterocycles. The van der Waals surface area contributed by atoms with Crippen molar-refractivity contribution >= 4 is 5.91 Å². The molecule has 3 heteroatoms. The third-order valence-corrected chi connectivity index (χ3v) is 4.28. The maximum atomic E-state index is 12.5. The van der Waals surface area contributed by atoms with Gasteiger partial charge in [0.1, 0.15) is 5.60 Å². The number of amides is 1. The number of hydrogen-bond donors (Lipinski definition) is 1. The zero-order valence-electron chi connectivity index (χ0n) is 14.3. The van der Waals surface area contributed by atoms with Crippen molar-refractivity contribution in [3.63, 3.8) is 0 Å². The summed E-state index contributed by atoms with van der Waals surface area (Å²) in [6.45, 7) is 6.51. The van der Waals surface area contributed by atoms with Gasteiger partial charge in [-0.05, 0) is 38.0 Å². The summed E-state index contributed by atoms with van der Waals surface area (Å²) >= 11 is 0. The van der Waals surface area contributed by atoms with E-state index in [-0.39, 0.29) is 5.91 Å². The van der Waals surface area contributed by atoms with Crippen LogP contribution in [0.25, 0.3) is 0 Å². The van der Waals surface area contributed by atoms with Crippen LogP contribution in [-0.4, -0.2) is 19.6 Å². The van der Waals surface area contributed by atoms with Crippen LogP contribution in [0.5, 0.6) is 0 Å². The Morgan fingerprint density at radius 2 is 1.70 bits per heavy atom. The summed E-state index contributed by atoms with van der Waals surface area (Å²) in [6, 6.07) is 15.9. The molecule has 0 spiro atoms. The lowest BCUT2D eigenvalue weighted by Gasteiger charge is -2.32. The van der Waals surface area contributed by atoms with Gasteiger partial charge in [-0.2, -0.15) is 0 Å². The van der Waals surface area contributed by atoms with Gasteiger partial charge in [-0.1, -0.05) is 54.4 Å². The molecule has 0 fully saturated rings. The molecule has 0 saturated carbocycles. The third kappa shape index (κ3) is 3.99. The second-order valence-corrected chi connectivity index (χ2v) is 5.98. The van der Waals surface area contributed by atoms with Crippen LogP contribution in [0.4, 0.5) is 0 Å². The van der Waals surface area contributed by atoms with Crippen LogP contribution in [0, 0.1) is 13.8 Å². The molecule has 0 aliphatic rings. The van der Waals surface area contributed by atoms with Gasteiger partial charge < -0.3 is 10.1 Å². The maximum absolute atomic E-state index is 12.5. The fourth-order valence-corrected chi connectivity index (χ4v) is 2.94. The molecule has 0 aliphatic carbocycles. The van der Waals surface area contributed by atoms with Gasteiger partial charge in [0, 0.05) is 12.7 Å². The average Bonchev–Trinajstić information content (AvgIpc) is 2.56. The van der Waals surface area contributed by atoms with E-state index in [0.717, 1.165) is 23.1 Å². The van der Waals surface area contributed by atoms with Gasteiger partial charge in [0.25, 0.3) is 5.91 Å². The summed E-state index contributed by atoms with van der Waals surface area (Å²) in [5, 5.41) is 3.03. The Morgan fingerprint density at radius 3 is 2.22 bits per heavy atom. The lowest BCUT2D eigenvalue weighted by molar-refractivity contribution is -0.0164. The van der Waals surface area contributed by atoms with E-state index in [1.807, 2.05) is 56.3 Å². The number of carbonyl (C=O) groups excluding carboxylic acids is 1. The number of methoxy groups -OCH3 is 1. The Kier molecular flexibility index (Phi) is 5.56. The van der Waals surface area contributed by atoms with Crippen molar-refractivity contribution in [2.45, 2.75) is 32.8 Å². The van der Waals surface area contributed by atoms with Crippen molar-refractivity contribution in [3.8, 4) is 0 Å². The normalized spacial score (nSPS) is 13.4. The third-order valence-electron chi connectivity index (χ3n) is 4.28. The predicted molar refractivity (Wildman–Crippen MR) is 93.7 cm³/mol. The van der Waals surface area contributed by atoms with Crippen molar-refractivity contribution in [1.29, 1.82) is 0 Å². The number of benzene rings is 2. The van der Waals surface area contributed by atoms with Gasteiger partial charge in [0.05, 0.1) is 6.54 Å². The van der Waals surface area contributed by atoms with E-state index in [9.17, 15) is 4.79 Å². The molecule has 1 N–H and O–H groups in total. The number of aryl methyl sites for hydroxylation is 2. The summed E-state index contributed by atoms with van der Waals surface area (Å²) in [4.78, 5) is 12.5. The van der Waals surface area contributed by atoms with Crippen LogP contribution < -0.4 is 5.32 Å². The first kappa shape index (κ1) is 17.2. The number of ether oxygens (including phenoxy) is 1. The smallest absolute Gasteiger partial charge is 0.251 e. The quantitative estimate of drug-likeness (QED) is 0.876. The van der Waals surface area contributed by atoms with Gasteiger partial charge in [-0.3, -0.25) is 4.79 Å². The Hall–Kier alpha value is -2.13. The Balaban J connectivity index is 2.17. The van der Waals surface area contributed by atoms with E-state index in [0.29, 0.717) is 12.1 Å². The standard InChI is InChI=1S/C20H25NO2/c1-5-20(23-4,18-9-7-6-8-10-18)14-21-19(22)17-12-15(2)11-16(3)13-17/h6-13H,5,14H2,1-4H3,(H,21,22). The molecule has 0 aliphatic heterocycles. The Labute approximate surface area is 138 Å². The molecule has 23 heavy (non-hydrogen) atoms. The zero-order chi connectivity index (χ0) is 16.9. The summed E-state index contributed by atoms with van der Waals surface area (Å²) < 4.78 is 5.79. The van der Waals surface area contributed by atoms with Crippen LogP contribution in [0.3, 0.4) is 0 Å². The number of hydrogen-bond acceptors (Lipinski definition) is 2. The average molecular weight is 311 g/mol. The van der Waals surface area contributed by atoms with E-state index < -0.39 is 5.60 Å². The fourth-order valence-electron chi connectivity index (χ4n) is 2.94. The molecule has 1 unspecified atom stereocenters. The Morgan fingerprint density at radius 1 is 1.09 bits per heavy atom. The van der Waals surface area contributed by atoms with Crippen molar-refractivity contribution in [2.75, 3.05) is 13.7 Å². The molecule has 0 radical (unpaired) electrons. The second-order valence-electron chi connectivity index (χ2n) is 5.98. The van der Waals surface area contributed by atoms with E-state index >= 15 is 0 Å². The van der Waals surface area contributed by atoms with Crippen molar-refractivity contribution < 1.29 is 9.53 Å². The molecule has 122 valence electrons. The molecule has 0 aromatic heterocycles. The molecule has 2 aromatic rings. The van der Waals surface area contributed by atoms with Gasteiger partial charge in [-0.15, -0.1) is 0 Å². The number of nitrogens with one attached hydrogen (secondary N) is 1. The van der Waals surface area contributed by atoms with Crippen LogP contribution >= 0.6 is 0 Å². The maximum Gasteiger partial charge on any atom is 0.251 e. The van der Waals surface area contributed by atoms with Crippen LogP contribution in [0.15, 0.2) is 48.5 Å². The first-order valence-electron chi connectivity index (χ1n) is 7.98. The first-order valence-corrected chi connectivity index (χ1v) is 7.98. The molecule has 1 atom stereocenters. The molecule has 2 aromatic carbocycles. The van der Waals surface area contributed by atoms with E-state index in [1.54, 1.807) is 7.11 Å². The van der Waals surface area contributed by atoms with Crippen molar-refractivity contribution in [2.24, 2.45) is 0 Å². The molecular formula is C20H25NO2. The topological polar surface area (TPSA) is 38.3 Å². The first-order chi connectivity index (χ1) is 11.0. The molecule has 0 saturated heterocycles. The van der Waals surface area contributed by atoms with Crippen LogP contribution in [0.2, 0.25) is 0 Å². The van der Waals surface area contributed by atoms with Gasteiger partial charge in [0.2, 0.25) is 0 Å². The van der Waals surface area contributed by atoms with Gasteiger partial charge in [0.15, 0.2) is 0 Å². The summed E-state index contributed by atoms with van der Waals surface area (Å²) in [5.41, 5.74) is 3.44. The minimum absolute atomic E-state index is 0.0670. The van der Waals surface area contributed by atoms with E-state index in [4.69, 9.17) is 4.74 Å². The molecule has 3 nitrogen and oxygen atoms in total. The van der Waals surface area contributed by atoms with Gasteiger partial charge in [-0.25, -0.2) is 0 Å². The highest BCUT2D eigenvalue weighted by molar-refractivity contribution is 5.94. The fraction of sp³-hybridized carbons (Fsp3) is 0.350. The monoisotopic (exact) mass is 311 g/mol. The van der Waals surface area contributed by atoms with E-state index in [2.05, 4.69) is 18.3 Å². The minimum atomic E-state index is -0.504. The molecular weight excluding hydrogens is 286 g/mol. The van der Waals surface area contributed by atoms with Crippen molar-refractivity contribution in [1.82, 2.24) is 5.32 Å². The number of carbonyl (C=O) groups is 1. The zero-order valence-corrected chi connectivity index (χ0v) is 14.3. The van der Waals surface area contributed by atoms with Crippen LogP contribution in [0.1, 0.15) is 40.4 Å². The van der Waals surface area contributed by atoms with Crippen LogP contribution in [-0.2, 0) is 10.3 Å². The predicted octanol–water partition coefficient (Wildman–Crippen LogP) is 3.99. The lowest BCUT2D eigenvalue weighted by atomic mass is 9.90. The lowest BCUT2D eigenvalue weighted by Crippen LogP contribution is -2.42. The largest absolute Gasteiger partial charge is 0.372 e. The Bertz CT molecular complexity index is 640. The minimum Gasteiger partial charge on any atom is -0.372 e. The van der Waals surface area contributed by atoms with E-state index in [1.165, 1.54) is 0 Å².